The second-order valence-corrected chi connectivity index (χ2v) is 7.02. The standard InChI is InChI=1S/C17H26Cl2N2/c1-13(12-21-9-4-3-5-10-21)11-20-14(2)15-7-6-8-16(18)17(15)19/h6-8,13-14,20H,3-5,9-12H2,1-2H3. The number of nitrogens with zero attached hydrogens (tertiary/aromatic N) is 1. The molecule has 1 saturated heterocycles. The summed E-state index contributed by atoms with van der Waals surface area (Å²) < 4.78 is 0. The van der Waals surface area contributed by atoms with E-state index in [-0.39, 0.29) is 6.04 Å². The molecule has 0 aromatic heterocycles. The van der Waals surface area contributed by atoms with Gasteiger partial charge in [-0.05, 0) is 56.9 Å². The Hall–Kier alpha value is -0.280. The third kappa shape index (κ3) is 5.14. The van der Waals surface area contributed by atoms with Gasteiger partial charge in [0, 0.05) is 12.6 Å². The van der Waals surface area contributed by atoms with Gasteiger partial charge in [0.2, 0.25) is 0 Å². The molecule has 1 aromatic rings. The van der Waals surface area contributed by atoms with Crippen LogP contribution in [0.1, 0.15) is 44.7 Å². The van der Waals surface area contributed by atoms with Crippen LogP contribution in [0.2, 0.25) is 10.0 Å². The van der Waals surface area contributed by atoms with E-state index < -0.39 is 0 Å². The van der Waals surface area contributed by atoms with Gasteiger partial charge in [-0.25, -0.2) is 0 Å². The fourth-order valence-electron chi connectivity index (χ4n) is 2.99. The van der Waals surface area contributed by atoms with E-state index in [1.54, 1.807) is 0 Å². The summed E-state index contributed by atoms with van der Waals surface area (Å²) in [4.78, 5) is 2.59. The van der Waals surface area contributed by atoms with Crippen LogP contribution in [0.15, 0.2) is 18.2 Å². The number of rotatable bonds is 6. The highest BCUT2D eigenvalue weighted by molar-refractivity contribution is 6.42. The second kappa shape index (κ2) is 8.38. The molecule has 1 aliphatic heterocycles. The normalized spacial score (nSPS) is 19.4. The lowest BCUT2D eigenvalue weighted by atomic mass is 10.1. The SMILES string of the molecule is CC(CNC(C)c1cccc(Cl)c1Cl)CN1CCCCC1. The van der Waals surface area contributed by atoms with Crippen LogP contribution < -0.4 is 5.32 Å². The van der Waals surface area contributed by atoms with Crippen molar-refractivity contribution in [3.05, 3.63) is 33.8 Å². The first-order chi connectivity index (χ1) is 10.1. The van der Waals surface area contributed by atoms with Crippen LogP contribution in [-0.2, 0) is 0 Å². The fourth-order valence-corrected chi connectivity index (χ4v) is 3.46. The summed E-state index contributed by atoms with van der Waals surface area (Å²) in [6.07, 6.45) is 4.11. The van der Waals surface area contributed by atoms with E-state index in [1.807, 2.05) is 18.2 Å². The molecule has 2 rings (SSSR count). The number of hydrogen-bond acceptors (Lipinski definition) is 2. The smallest absolute Gasteiger partial charge is 0.0639 e. The maximum atomic E-state index is 6.28. The molecule has 1 N–H and O–H groups in total. The molecule has 1 aromatic carbocycles. The topological polar surface area (TPSA) is 15.3 Å². The first-order valence-corrected chi connectivity index (χ1v) is 8.73. The first kappa shape index (κ1) is 17.1. The van der Waals surface area contributed by atoms with Crippen LogP contribution in [0.4, 0.5) is 0 Å². The fraction of sp³-hybridized carbons (Fsp3) is 0.647. The summed E-state index contributed by atoms with van der Waals surface area (Å²) in [7, 11) is 0. The molecular weight excluding hydrogens is 303 g/mol. The Morgan fingerprint density at radius 1 is 1.14 bits per heavy atom. The minimum Gasteiger partial charge on any atom is -0.310 e. The molecule has 4 heteroatoms. The van der Waals surface area contributed by atoms with E-state index in [0.29, 0.717) is 16.0 Å². The van der Waals surface area contributed by atoms with Crippen LogP contribution in [0.5, 0.6) is 0 Å². The zero-order valence-corrected chi connectivity index (χ0v) is 14.6. The van der Waals surface area contributed by atoms with Crippen molar-refractivity contribution in [3.63, 3.8) is 0 Å². The molecule has 1 fully saturated rings. The van der Waals surface area contributed by atoms with Gasteiger partial charge in [-0.15, -0.1) is 0 Å². The Balaban J connectivity index is 1.80. The minimum absolute atomic E-state index is 0.222. The Kier molecular flexibility index (Phi) is 6.81. The molecule has 0 radical (unpaired) electrons. The van der Waals surface area contributed by atoms with Crippen LogP contribution in [0.25, 0.3) is 0 Å². The second-order valence-electron chi connectivity index (χ2n) is 6.24. The van der Waals surface area contributed by atoms with E-state index in [0.717, 1.165) is 12.1 Å². The molecule has 2 nitrogen and oxygen atoms in total. The van der Waals surface area contributed by atoms with Gasteiger partial charge in [0.15, 0.2) is 0 Å². The molecular formula is C17H26Cl2N2. The molecule has 1 heterocycles. The van der Waals surface area contributed by atoms with Crippen LogP contribution in [0, 0.1) is 5.92 Å². The predicted molar refractivity (Wildman–Crippen MR) is 92.3 cm³/mol. The average Bonchev–Trinajstić information content (AvgIpc) is 2.48. The van der Waals surface area contributed by atoms with Crippen LogP contribution >= 0.6 is 23.2 Å². The Morgan fingerprint density at radius 3 is 2.57 bits per heavy atom. The van der Waals surface area contributed by atoms with Crippen molar-refractivity contribution in [3.8, 4) is 0 Å². The third-order valence-corrected chi connectivity index (χ3v) is 5.07. The van der Waals surface area contributed by atoms with E-state index in [4.69, 9.17) is 23.2 Å². The van der Waals surface area contributed by atoms with Crippen LogP contribution in [0.3, 0.4) is 0 Å². The third-order valence-electron chi connectivity index (χ3n) is 4.24. The van der Waals surface area contributed by atoms with Crippen molar-refractivity contribution in [1.82, 2.24) is 10.2 Å². The average molecular weight is 329 g/mol. The lowest BCUT2D eigenvalue weighted by Crippen LogP contribution is -2.37. The molecule has 2 atom stereocenters. The monoisotopic (exact) mass is 328 g/mol. The van der Waals surface area contributed by atoms with E-state index in [9.17, 15) is 0 Å². The highest BCUT2D eigenvalue weighted by Crippen LogP contribution is 2.29. The molecule has 0 aliphatic carbocycles. The molecule has 21 heavy (non-hydrogen) atoms. The molecule has 2 unspecified atom stereocenters. The minimum atomic E-state index is 0.222. The largest absolute Gasteiger partial charge is 0.310 e. The lowest BCUT2D eigenvalue weighted by molar-refractivity contribution is 0.197. The molecule has 0 spiro atoms. The van der Waals surface area contributed by atoms with Gasteiger partial charge < -0.3 is 10.2 Å². The molecule has 118 valence electrons. The van der Waals surface area contributed by atoms with Crippen molar-refractivity contribution in [1.29, 1.82) is 0 Å². The summed E-state index contributed by atoms with van der Waals surface area (Å²) >= 11 is 12.4. The van der Waals surface area contributed by atoms with Crippen molar-refractivity contribution in [2.24, 2.45) is 5.92 Å². The molecule has 0 bridgehead atoms. The highest BCUT2D eigenvalue weighted by atomic mass is 35.5. The summed E-state index contributed by atoms with van der Waals surface area (Å²) in [5.74, 6) is 0.642. The van der Waals surface area contributed by atoms with Gasteiger partial charge in [-0.2, -0.15) is 0 Å². The molecule has 1 aliphatic rings. The maximum absolute atomic E-state index is 6.28. The van der Waals surface area contributed by atoms with Crippen molar-refractivity contribution < 1.29 is 0 Å². The number of piperidine rings is 1. The summed E-state index contributed by atoms with van der Waals surface area (Å²) in [5, 5.41) is 4.88. The zero-order chi connectivity index (χ0) is 15.2. The number of hydrogen-bond donors (Lipinski definition) is 1. The van der Waals surface area contributed by atoms with Gasteiger partial charge in [-0.3, -0.25) is 0 Å². The first-order valence-electron chi connectivity index (χ1n) is 7.97. The molecule has 0 amide bonds. The van der Waals surface area contributed by atoms with Gasteiger partial charge in [0.1, 0.15) is 0 Å². The molecule has 0 saturated carbocycles. The van der Waals surface area contributed by atoms with Crippen molar-refractivity contribution in [2.45, 2.75) is 39.2 Å². The number of nitrogens with one attached hydrogen (secondary N) is 1. The number of benzene rings is 1. The Labute approximate surface area is 138 Å². The Morgan fingerprint density at radius 2 is 1.86 bits per heavy atom. The van der Waals surface area contributed by atoms with Gasteiger partial charge in [0.25, 0.3) is 0 Å². The zero-order valence-electron chi connectivity index (χ0n) is 13.0. The summed E-state index contributed by atoms with van der Waals surface area (Å²) in [6, 6.07) is 6.05. The van der Waals surface area contributed by atoms with Crippen molar-refractivity contribution in [2.75, 3.05) is 26.2 Å². The van der Waals surface area contributed by atoms with Gasteiger partial charge in [-0.1, -0.05) is 48.7 Å². The Bertz CT molecular complexity index is 444. The van der Waals surface area contributed by atoms with Gasteiger partial charge >= 0.3 is 0 Å². The van der Waals surface area contributed by atoms with Crippen molar-refractivity contribution >= 4 is 23.2 Å². The highest BCUT2D eigenvalue weighted by Gasteiger charge is 2.15. The predicted octanol–water partition coefficient (Wildman–Crippen LogP) is 4.77. The summed E-state index contributed by atoms with van der Waals surface area (Å²) in [5.41, 5.74) is 1.08. The number of halogens is 2. The van der Waals surface area contributed by atoms with Gasteiger partial charge in [0.05, 0.1) is 10.0 Å². The maximum Gasteiger partial charge on any atom is 0.0639 e. The number of likely N-dealkylation sites (tertiary alicyclic amines) is 1. The lowest BCUT2D eigenvalue weighted by Gasteiger charge is -2.29. The van der Waals surface area contributed by atoms with Crippen LogP contribution in [-0.4, -0.2) is 31.1 Å². The van der Waals surface area contributed by atoms with E-state index in [1.165, 1.54) is 38.9 Å². The van der Waals surface area contributed by atoms with E-state index in [2.05, 4.69) is 24.1 Å². The van der Waals surface area contributed by atoms with E-state index >= 15 is 0 Å². The summed E-state index contributed by atoms with van der Waals surface area (Å²) in [6.45, 7) is 9.17. The quantitative estimate of drug-likeness (QED) is 0.809.